The topological polar surface area (TPSA) is 56.7 Å². The number of hydrogen-bond donors (Lipinski definition) is 0. The number of para-hydroxylation sites is 1. The van der Waals surface area contributed by atoms with Gasteiger partial charge in [-0.3, -0.25) is 4.57 Å². The summed E-state index contributed by atoms with van der Waals surface area (Å²) >= 11 is 7.73. The van der Waals surface area contributed by atoms with Crippen LogP contribution in [0.2, 0.25) is 5.02 Å². The van der Waals surface area contributed by atoms with Crippen molar-refractivity contribution in [3.63, 3.8) is 0 Å². The van der Waals surface area contributed by atoms with Crippen LogP contribution >= 0.6 is 23.4 Å². The van der Waals surface area contributed by atoms with E-state index in [9.17, 15) is 0 Å². The summed E-state index contributed by atoms with van der Waals surface area (Å²) in [4.78, 5) is 0. The molecule has 0 fully saturated rings. The molecule has 0 aliphatic carbocycles. The highest BCUT2D eigenvalue weighted by Gasteiger charge is 2.20. The predicted molar refractivity (Wildman–Crippen MR) is 121 cm³/mol. The molecule has 0 atom stereocenters. The van der Waals surface area contributed by atoms with Crippen molar-refractivity contribution in [2.24, 2.45) is 0 Å². The number of hydrogen-bond acceptors (Lipinski definition) is 5. The smallest absolute Gasteiger partial charge is 0.196 e. The van der Waals surface area contributed by atoms with Gasteiger partial charge >= 0.3 is 0 Å². The van der Waals surface area contributed by atoms with Crippen molar-refractivity contribution in [1.82, 2.24) is 19.9 Å². The maximum Gasteiger partial charge on any atom is 0.196 e. The second-order valence-corrected chi connectivity index (χ2v) is 8.83. The van der Waals surface area contributed by atoms with Crippen molar-refractivity contribution in [1.29, 1.82) is 0 Å². The zero-order valence-electron chi connectivity index (χ0n) is 17.4. The van der Waals surface area contributed by atoms with Gasteiger partial charge in [-0.25, -0.2) is 0 Å². The Morgan fingerprint density at radius 2 is 1.77 bits per heavy atom. The van der Waals surface area contributed by atoms with E-state index >= 15 is 0 Å². The molecular formula is C23H23ClN4OS. The lowest BCUT2D eigenvalue weighted by molar-refractivity contribution is 0.392. The first-order valence-electron chi connectivity index (χ1n) is 9.81. The van der Waals surface area contributed by atoms with Crippen LogP contribution in [0.3, 0.4) is 0 Å². The van der Waals surface area contributed by atoms with Crippen molar-refractivity contribution in [3.8, 4) is 17.1 Å². The van der Waals surface area contributed by atoms with Crippen LogP contribution in [0.4, 0.5) is 0 Å². The molecule has 2 aromatic heterocycles. The van der Waals surface area contributed by atoms with E-state index in [1.807, 2.05) is 38.1 Å². The fourth-order valence-electron chi connectivity index (χ4n) is 3.39. The zero-order chi connectivity index (χ0) is 21.3. The Labute approximate surface area is 185 Å². The summed E-state index contributed by atoms with van der Waals surface area (Å²) in [5.41, 5.74) is 5.30. The van der Waals surface area contributed by atoms with E-state index in [0.29, 0.717) is 16.7 Å². The maximum atomic E-state index is 6.10. The van der Waals surface area contributed by atoms with Gasteiger partial charge in [0.1, 0.15) is 5.76 Å². The molecule has 30 heavy (non-hydrogen) atoms. The Balaban J connectivity index is 1.82. The molecule has 0 saturated heterocycles. The van der Waals surface area contributed by atoms with Gasteiger partial charge in [-0.15, -0.1) is 10.2 Å². The van der Waals surface area contributed by atoms with E-state index in [-0.39, 0.29) is 0 Å². The highest BCUT2D eigenvalue weighted by Crippen LogP contribution is 2.34. The SMILES string of the molecule is Cc1noc(C)c1CSc1nnc(-c2ccc(Cl)cc2)n1-c1ccccc1C(C)C. The Morgan fingerprint density at radius 1 is 1.03 bits per heavy atom. The maximum absolute atomic E-state index is 6.10. The first-order chi connectivity index (χ1) is 14.5. The molecule has 0 saturated carbocycles. The first kappa shape index (κ1) is 20.7. The van der Waals surface area contributed by atoms with Crippen LogP contribution in [-0.4, -0.2) is 19.9 Å². The van der Waals surface area contributed by atoms with Crippen LogP contribution in [0.25, 0.3) is 17.1 Å². The molecule has 0 spiro atoms. The number of aryl methyl sites for hydroxylation is 2. The second kappa shape index (κ2) is 8.66. The summed E-state index contributed by atoms with van der Waals surface area (Å²) in [5.74, 6) is 2.71. The summed E-state index contributed by atoms with van der Waals surface area (Å²) < 4.78 is 7.46. The molecule has 2 heterocycles. The summed E-state index contributed by atoms with van der Waals surface area (Å²) in [7, 11) is 0. The summed E-state index contributed by atoms with van der Waals surface area (Å²) in [6.45, 7) is 8.29. The van der Waals surface area contributed by atoms with Crippen LogP contribution in [-0.2, 0) is 5.75 Å². The molecule has 0 bridgehead atoms. The molecule has 154 valence electrons. The van der Waals surface area contributed by atoms with Gasteiger partial charge in [-0.2, -0.15) is 0 Å². The third-order valence-electron chi connectivity index (χ3n) is 5.06. The number of rotatable bonds is 6. The molecule has 0 aliphatic heterocycles. The van der Waals surface area contributed by atoms with Gasteiger partial charge in [0.15, 0.2) is 11.0 Å². The highest BCUT2D eigenvalue weighted by molar-refractivity contribution is 7.98. The molecule has 0 unspecified atom stereocenters. The first-order valence-corrected chi connectivity index (χ1v) is 11.2. The minimum Gasteiger partial charge on any atom is -0.361 e. The number of nitrogens with zero attached hydrogens (tertiary/aromatic N) is 4. The number of benzene rings is 2. The molecule has 4 rings (SSSR count). The van der Waals surface area contributed by atoms with Gasteiger partial charge in [0.2, 0.25) is 0 Å². The van der Waals surface area contributed by atoms with Gasteiger partial charge < -0.3 is 4.52 Å². The fourth-order valence-corrected chi connectivity index (χ4v) is 4.61. The lowest BCUT2D eigenvalue weighted by Gasteiger charge is -2.17. The van der Waals surface area contributed by atoms with Gasteiger partial charge in [-0.1, -0.05) is 60.6 Å². The summed E-state index contributed by atoms with van der Waals surface area (Å²) in [5, 5.41) is 14.7. The highest BCUT2D eigenvalue weighted by atomic mass is 35.5. The lowest BCUT2D eigenvalue weighted by Crippen LogP contribution is -2.05. The molecule has 5 nitrogen and oxygen atoms in total. The molecule has 0 radical (unpaired) electrons. The molecule has 0 aliphatic rings. The molecule has 2 aromatic carbocycles. The van der Waals surface area contributed by atoms with Crippen LogP contribution in [0.5, 0.6) is 0 Å². The van der Waals surface area contributed by atoms with Crippen molar-refractivity contribution < 1.29 is 4.52 Å². The molecular weight excluding hydrogens is 416 g/mol. The van der Waals surface area contributed by atoms with Gasteiger partial charge in [-0.05, 0) is 55.7 Å². The number of halogens is 1. The predicted octanol–water partition coefficient (Wildman–Crippen LogP) is 6.61. The van der Waals surface area contributed by atoms with Crippen LogP contribution in [0.1, 0.15) is 42.3 Å². The minimum atomic E-state index is 0.363. The second-order valence-electron chi connectivity index (χ2n) is 7.45. The van der Waals surface area contributed by atoms with Crippen LogP contribution < -0.4 is 0 Å². The van der Waals surface area contributed by atoms with E-state index in [4.69, 9.17) is 16.1 Å². The van der Waals surface area contributed by atoms with Gasteiger partial charge in [0, 0.05) is 21.9 Å². The van der Waals surface area contributed by atoms with Crippen molar-refractivity contribution >= 4 is 23.4 Å². The largest absolute Gasteiger partial charge is 0.361 e. The lowest BCUT2D eigenvalue weighted by atomic mass is 10.0. The molecule has 0 amide bonds. The zero-order valence-corrected chi connectivity index (χ0v) is 19.0. The Hall–Kier alpha value is -2.57. The Morgan fingerprint density at radius 3 is 2.43 bits per heavy atom. The van der Waals surface area contributed by atoms with Crippen LogP contribution in [0, 0.1) is 13.8 Å². The Bertz CT molecular complexity index is 1140. The van der Waals surface area contributed by atoms with Gasteiger partial charge in [0.25, 0.3) is 0 Å². The van der Waals surface area contributed by atoms with Gasteiger partial charge in [0.05, 0.1) is 11.4 Å². The average molecular weight is 439 g/mol. The van der Waals surface area contributed by atoms with E-state index in [2.05, 4.69) is 58.0 Å². The number of aromatic nitrogens is 4. The average Bonchev–Trinajstić information content (AvgIpc) is 3.30. The molecule has 4 aromatic rings. The third kappa shape index (κ3) is 4.02. The van der Waals surface area contributed by atoms with E-state index in [0.717, 1.165) is 39.2 Å². The van der Waals surface area contributed by atoms with E-state index in [1.54, 1.807) is 11.8 Å². The fraction of sp³-hybridized carbons (Fsp3) is 0.261. The molecule has 7 heteroatoms. The van der Waals surface area contributed by atoms with Crippen molar-refractivity contribution in [2.45, 2.75) is 44.5 Å². The van der Waals surface area contributed by atoms with E-state index in [1.165, 1.54) is 5.56 Å². The summed E-state index contributed by atoms with van der Waals surface area (Å²) in [6, 6.07) is 16.1. The Kier molecular flexibility index (Phi) is 5.97. The monoisotopic (exact) mass is 438 g/mol. The quantitative estimate of drug-likeness (QED) is 0.317. The van der Waals surface area contributed by atoms with Crippen molar-refractivity contribution in [2.75, 3.05) is 0 Å². The minimum absolute atomic E-state index is 0.363. The number of thioether (sulfide) groups is 1. The molecule has 0 N–H and O–H groups in total. The normalized spacial score (nSPS) is 11.4. The third-order valence-corrected chi connectivity index (χ3v) is 6.27. The van der Waals surface area contributed by atoms with E-state index < -0.39 is 0 Å². The van der Waals surface area contributed by atoms with Crippen LogP contribution in [0.15, 0.2) is 58.2 Å². The van der Waals surface area contributed by atoms with Crippen molar-refractivity contribution in [3.05, 3.63) is 76.1 Å². The standard InChI is InChI=1S/C23H23ClN4OS/c1-14(2)19-7-5-6-8-21(19)28-22(17-9-11-18(24)12-10-17)25-26-23(28)30-13-20-15(3)27-29-16(20)4/h5-12,14H,13H2,1-4H3. The summed E-state index contributed by atoms with van der Waals surface area (Å²) in [6.07, 6.45) is 0.